The molecule has 4 heteroatoms. The van der Waals surface area contributed by atoms with Gasteiger partial charge in [-0.05, 0) is 60.7 Å². The normalized spacial score (nSPS) is 20.6. The van der Waals surface area contributed by atoms with Crippen LogP contribution in [0, 0.1) is 0 Å². The Morgan fingerprint density at radius 3 is 2.24 bits per heavy atom. The van der Waals surface area contributed by atoms with Gasteiger partial charge in [0.2, 0.25) is 5.91 Å². The Balaban J connectivity index is 1.54. The summed E-state index contributed by atoms with van der Waals surface area (Å²) in [6.45, 7) is 0. The summed E-state index contributed by atoms with van der Waals surface area (Å²) in [5, 5.41) is 4.26. The van der Waals surface area contributed by atoms with Crippen LogP contribution in [0.3, 0.4) is 0 Å². The SMILES string of the molecule is NC(=O)c1ccc(NC2CC(c3ccc(Cl)cc3)C2)cc1. The van der Waals surface area contributed by atoms with Gasteiger partial charge in [-0.2, -0.15) is 0 Å². The third kappa shape index (κ3) is 3.19. The van der Waals surface area contributed by atoms with Gasteiger partial charge in [0.15, 0.2) is 0 Å². The summed E-state index contributed by atoms with van der Waals surface area (Å²) in [6.07, 6.45) is 2.22. The predicted molar refractivity (Wildman–Crippen MR) is 85.8 cm³/mol. The van der Waals surface area contributed by atoms with Crippen LogP contribution in [-0.2, 0) is 0 Å². The Morgan fingerprint density at radius 1 is 1.05 bits per heavy atom. The molecule has 0 heterocycles. The van der Waals surface area contributed by atoms with E-state index in [0.29, 0.717) is 17.5 Å². The van der Waals surface area contributed by atoms with Gasteiger partial charge in [-0.25, -0.2) is 0 Å². The van der Waals surface area contributed by atoms with E-state index in [9.17, 15) is 4.79 Å². The van der Waals surface area contributed by atoms with Crippen molar-refractivity contribution in [3.63, 3.8) is 0 Å². The highest BCUT2D eigenvalue weighted by molar-refractivity contribution is 6.30. The van der Waals surface area contributed by atoms with Crippen molar-refractivity contribution in [1.29, 1.82) is 0 Å². The number of halogens is 1. The Morgan fingerprint density at radius 2 is 1.67 bits per heavy atom. The molecule has 0 radical (unpaired) electrons. The minimum absolute atomic E-state index is 0.395. The molecular formula is C17H17ClN2O. The number of hydrogen-bond acceptors (Lipinski definition) is 2. The molecule has 2 aromatic rings. The lowest BCUT2D eigenvalue weighted by molar-refractivity contribution is 0.100. The molecule has 0 saturated heterocycles. The van der Waals surface area contributed by atoms with Crippen molar-refractivity contribution in [3.05, 3.63) is 64.7 Å². The quantitative estimate of drug-likeness (QED) is 0.902. The van der Waals surface area contributed by atoms with E-state index in [-0.39, 0.29) is 0 Å². The first-order chi connectivity index (χ1) is 10.1. The molecule has 1 amide bonds. The zero-order valence-corrected chi connectivity index (χ0v) is 12.3. The molecule has 0 aromatic heterocycles. The van der Waals surface area contributed by atoms with Crippen LogP contribution in [0.2, 0.25) is 5.02 Å². The number of amides is 1. The fourth-order valence-electron chi connectivity index (χ4n) is 2.71. The molecule has 1 aliphatic carbocycles. The van der Waals surface area contributed by atoms with E-state index in [2.05, 4.69) is 17.4 Å². The molecule has 0 bridgehead atoms. The summed E-state index contributed by atoms with van der Waals surface area (Å²) in [4.78, 5) is 11.0. The molecule has 0 aliphatic heterocycles. The van der Waals surface area contributed by atoms with Gasteiger partial charge in [0.25, 0.3) is 0 Å². The lowest BCUT2D eigenvalue weighted by atomic mass is 9.76. The molecule has 21 heavy (non-hydrogen) atoms. The summed E-state index contributed by atoms with van der Waals surface area (Å²) in [5.74, 6) is 0.206. The first kappa shape index (κ1) is 14.0. The van der Waals surface area contributed by atoms with Gasteiger partial charge < -0.3 is 11.1 Å². The van der Waals surface area contributed by atoms with Crippen LogP contribution in [0.25, 0.3) is 0 Å². The maximum absolute atomic E-state index is 11.0. The summed E-state index contributed by atoms with van der Waals surface area (Å²) < 4.78 is 0. The average Bonchev–Trinajstić information content (AvgIpc) is 2.44. The fraction of sp³-hybridized carbons (Fsp3) is 0.235. The van der Waals surface area contributed by atoms with Crippen LogP contribution >= 0.6 is 11.6 Å². The van der Waals surface area contributed by atoms with Crippen LogP contribution in [0.1, 0.15) is 34.7 Å². The number of nitrogens with one attached hydrogen (secondary N) is 1. The molecule has 0 spiro atoms. The summed E-state index contributed by atoms with van der Waals surface area (Å²) in [6, 6.07) is 15.9. The number of benzene rings is 2. The minimum atomic E-state index is -0.395. The Bertz CT molecular complexity index is 631. The van der Waals surface area contributed by atoms with Crippen molar-refractivity contribution >= 4 is 23.2 Å². The largest absolute Gasteiger partial charge is 0.382 e. The molecule has 1 aliphatic rings. The molecule has 0 unspecified atom stereocenters. The van der Waals surface area contributed by atoms with Crippen LogP contribution in [0.15, 0.2) is 48.5 Å². The molecular weight excluding hydrogens is 284 g/mol. The number of anilines is 1. The highest BCUT2D eigenvalue weighted by atomic mass is 35.5. The van der Waals surface area contributed by atoms with Crippen molar-refractivity contribution in [1.82, 2.24) is 0 Å². The number of carbonyl (C=O) groups is 1. The zero-order valence-electron chi connectivity index (χ0n) is 11.6. The Labute approximate surface area is 129 Å². The standard InChI is InChI=1S/C17H17ClN2O/c18-14-5-1-11(2-6-14)13-9-16(10-13)20-15-7-3-12(4-8-15)17(19)21/h1-8,13,16,20H,9-10H2,(H2,19,21). The van der Waals surface area contributed by atoms with Gasteiger partial charge in [0.1, 0.15) is 0 Å². The fourth-order valence-corrected chi connectivity index (χ4v) is 2.84. The maximum atomic E-state index is 11.0. The first-order valence-electron chi connectivity index (χ1n) is 7.03. The highest BCUT2D eigenvalue weighted by Gasteiger charge is 2.30. The monoisotopic (exact) mass is 300 g/mol. The maximum Gasteiger partial charge on any atom is 0.248 e. The smallest absolute Gasteiger partial charge is 0.248 e. The van der Waals surface area contributed by atoms with E-state index >= 15 is 0 Å². The second-order valence-corrected chi connectivity index (χ2v) is 5.94. The van der Waals surface area contributed by atoms with Crippen molar-refractivity contribution in [2.24, 2.45) is 5.73 Å². The van der Waals surface area contributed by atoms with E-state index in [1.807, 2.05) is 24.3 Å². The number of rotatable bonds is 4. The molecule has 108 valence electrons. The van der Waals surface area contributed by atoms with E-state index in [1.165, 1.54) is 5.56 Å². The minimum Gasteiger partial charge on any atom is -0.382 e. The van der Waals surface area contributed by atoms with Gasteiger partial charge in [-0.15, -0.1) is 0 Å². The van der Waals surface area contributed by atoms with E-state index in [4.69, 9.17) is 17.3 Å². The van der Waals surface area contributed by atoms with Gasteiger partial charge in [0.05, 0.1) is 0 Å². The number of primary amides is 1. The van der Waals surface area contributed by atoms with Gasteiger partial charge in [-0.1, -0.05) is 23.7 Å². The topological polar surface area (TPSA) is 55.1 Å². The summed E-state index contributed by atoms with van der Waals surface area (Å²) in [5.41, 5.74) is 8.14. The highest BCUT2D eigenvalue weighted by Crippen LogP contribution is 2.38. The Hall–Kier alpha value is -2.00. The van der Waals surface area contributed by atoms with E-state index in [0.717, 1.165) is 23.6 Å². The number of hydrogen-bond donors (Lipinski definition) is 2. The zero-order chi connectivity index (χ0) is 14.8. The van der Waals surface area contributed by atoms with Gasteiger partial charge in [0, 0.05) is 22.3 Å². The average molecular weight is 301 g/mol. The molecule has 3 nitrogen and oxygen atoms in total. The Kier molecular flexibility index (Phi) is 3.84. The second-order valence-electron chi connectivity index (χ2n) is 5.50. The lowest BCUT2D eigenvalue weighted by Gasteiger charge is -2.37. The van der Waals surface area contributed by atoms with Crippen LogP contribution in [0.4, 0.5) is 5.69 Å². The molecule has 2 aromatic carbocycles. The third-order valence-electron chi connectivity index (χ3n) is 4.02. The molecule has 1 fully saturated rings. The van der Waals surface area contributed by atoms with Crippen molar-refractivity contribution in [2.45, 2.75) is 24.8 Å². The van der Waals surface area contributed by atoms with Gasteiger partial charge >= 0.3 is 0 Å². The first-order valence-corrected chi connectivity index (χ1v) is 7.41. The molecule has 3 N–H and O–H groups in total. The van der Waals surface area contributed by atoms with Gasteiger partial charge in [-0.3, -0.25) is 4.79 Å². The van der Waals surface area contributed by atoms with Crippen molar-refractivity contribution in [2.75, 3.05) is 5.32 Å². The van der Waals surface area contributed by atoms with E-state index in [1.54, 1.807) is 12.1 Å². The molecule has 3 rings (SSSR count). The summed E-state index contributed by atoms with van der Waals surface area (Å²) >= 11 is 5.90. The number of nitrogens with two attached hydrogens (primary N) is 1. The van der Waals surface area contributed by atoms with E-state index < -0.39 is 5.91 Å². The van der Waals surface area contributed by atoms with Crippen LogP contribution < -0.4 is 11.1 Å². The summed E-state index contributed by atoms with van der Waals surface area (Å²) in [7, 11) is 0. The molecule has 0 atom stereocenters. The van der Waals surface area contributed by atoms with Crippen LogP contribution in [-0.4, -0.2) is 11.9 Å². The second kappa shape index (κ2) is 5.78. The van der Waals surface area contributed by atoms with Crippen molar-refractivity contribution in [3.8, 4) is 0 Å². The predicted octanol–water partition coefficient (Wildman–Crippen LogP) is 3.80. The van der Waals surface area contributed by atoms with Crippen LogP contribution in [0.5, 0.6) is 0 Å². The van der Waals surface area contributed by atoms with Crippen molar-refractivity contribution < 1.29 is 4.79 Å². The number of carbonyl (C=O) groups excluding carboxylic acids is 1. The lowest BCUT2D eigenvalue weighted by Crippen LogP contribution is -2.33. The molecule has 1 saturated carbocycles. The third-order valence-corrected chi connectivity index (χ3v) is 4.27.